The maximum atomic E-state index is 9.77. The third-order valence-corrected chi connectivity index (χ3v) is 4.52. The molecule has 0 heterocycles. The van der Waals surface area contributed by atoms with Gasteiger partial charge in [0.15, 0.2) is 0 Å². The fourth-order valence-electron chi connectivity index (χ4n) is 2.76. The van der Waals surface area contributed by atoms with Crippen LogP contribution in [-0.4, -0.2) is 55.3 Å². The Morgan fingerprint density at radius 1 is 1.28 bits per heavy atom. The number of alkyl halides is 1. The average molecular weight is 324 g/mol. The van der Waals surface area contributed by atoms with Crippen LogP contribution in [-0.2, 0) is 4.74 Å². The molecule has 0 radical (unpaired) electrons. The van der Waals surface area contributed by atoms with E-state index in [1.807, 2.05) is 0 Å². The molecule has 0 bridgehead atoms. The second kappa shape index (κ2) is 10.2. The van der Waals surface area contributed by atoms with Gasteiger partial charge in [0.1, 0.15) is 0 Å². The molecule has 0 aromatic rings. The first-order valence-corrected chi connectivity index (χ1v) is 8.07. The minimum Gasteiger partial charge on any atom is -0.389 e. The quantitative estimate of drug-likeness (QED) is 0.593. The Kier molecular flexibility index (Phi) is 10.4. The van der Waals surface area contributed by atoms with Gasteiger partial charge in [-0.25, -0.2) is 0 Å². The lowest BCUT2D eigenvalue weighted by Gasteiger charge is -2.36. The van der Waals surface area contributed by atoms with Crippen LogP contribution in [0.2, 0.25) is 0 Å². The summed E-state index contributed by atoms with van der Waals surface area (Å²) < 4.78 is 4.97. The zero-order chi connectivity index (χ0) is 14.0. The molecule has 0 fully saturated rings. The van der Waals surface area contributed by atoms with Crippen molar-refractivity contribution in [2.24, 2.45) is 5.41 Å². The lowest BCUT2D eigenvalue weighted by atomic mass is 9.80. The molecule has 0 saturated heterocycles. The lowest BCUT2D eigenvalue weighted by molar-refractivity contribution is 0.0334. The fraction of sp³-hybridized carbons (Fsp3) is 1.00. The number of aliphatic hydroxyl groups is 1. The third-order valence-electron chi connectivity index (χ3n) is 3.33. The summed E-state index contributed by atoms with van der Waals surface area (Å²) in [6, 6.07) is 0. The number of aliphatic hydroxyl groups excluding tert-OH is 1. The van der Waals surface area contributed by atoms with Gasteiger partial charge in [0.05, 0.1) is 12.7 Å². The highest BCUT2D eigenvalue weighted by Crippen LogP contribution is 2.32. The Labute approximate surface area is 121 Å². The normalized spacial score (nSPS) is 14.2. The van der Waals surface area contributed by atoms with Crippen molar-refractivity contribution in [3.05, 3.63) is 0 Å². The van der Waals surface area contributed by atoms with Gasteiger partial charge in [-0.1, -0.05) is 42.6 Å². The maximum absolute atomic E-state index is 9.77. The van der Waals surface area contributed by atoms with E-state index in [4.69, 9.17) is 4.74 Å². The van der Waals surface area contributed by atoms with E-state index < -0.39 is 6.10 Å². The van der Waals surface area contributed by atoms with Crippen LogP contribution in [0.15, 0.2) is 0 Å². The summed E-state index contributed by atoms with van der Waals surface area (Å²) in [6.07, 6.45) is 4.49. The summed E-state index contributed by atoms with van der Waals surface area (Å²) in [4.78, 5) is 2.23. The fourth-order valence-corrected chi connectivity index (χ4v) is 3.50. The predicted octanol–water partition coefficient (Wildman–Crippen LogP) is 2.91. The van der Waals surface area contributed by atoms with Crippen molar-refractivity contribution in [2.45, 2.75) is 45.6 Å². The largest absolute Gasteiger partial charge is 0.389 e. The highest BCUT2D eigenvalue weighted by Gasteiger charge is 2.29. The Morgan fingerprint density at radius 2 is 1.83 bits per heavy atom. The number of likely N-dealkylation sites (N-methyl/N-ethyl adjacent to an activating group) is 1. The maximum Gasteiger partial charge on any atom is 0.0899 e. The summed E-state index contributed by atoms with van der Waals surface area (Å²) in [7, 11) is 3.71. The van der Waals surface area contributed by atoms with Gasteiger partial charge in [-0.15, -0.1) is 0 Å². The van der Waals surface area contributed by atoms with Crippen LogP contribution >= 0.6 is 15.9 Å². The molecule has 18 heavy (non-hydrogen) atoms. The van der Waals surface area contributed by atoms with E-state index in [0.29, 0.717) is 18.6 Å². The minimum absolute atomic E-state index is 0.338. The van der Waals surface area contributed by atoms with Gasteiger partial charge in [-0.3, -0.25) is 0 Å². The van der Waals surface area contributed by atoms with Crippen LogP contribution in [0.5, 0.6) is 0 Å². The molecule has 0 saturated carbocycles. The molecule has 0 rings (SSSR count). The SMILES string of the molecule is CCCC(CBr)(CCC)CN(C)CC(O)COC. The van der Waals surface area contributed by atoms with Crippen LogP contribution in [0.1, 0.15) is 39.5 Å². The number of rotatable bonds is 11. The van der Waals surface area contributed by atoms with Crippen molar-refractivity contribution in [1.29, 1.82) is 0 Å². The molecule has 1 N–H and O–H groups in total. The van der Waals surface area contributed by atoms with E-state index in [1.54, 1.807) is 7.11 Å². The zero-order valence-electron chi connectivity index (χ0n) is 12.4. The van der Waals surface area contributed by atoms with Crippen molar-refractivity contribution in [1.82, 2.24) is 4.90 Å². The third kappa shape index (κ3) is 7.07. The Morgan fingerprint density at radius 3 is 2.22 bits per heavy atom. The smallest absolute Gasteiger partial charge is 0.0899 e. The number of nitrogens with zero attached hydrogens (tertiary/aromatic N) is 1. The highest BCUT2D eigenvalue weighted by molar-refractivity contribution is 9.09. The van der Waals surface area contributed by atoms with E-state index in [1.165, 1.54) is 25.7 Å². The van der Waals surface area contributed by atoms with Gasteiger partial charge in [-0.05, 0) is 25.3 Å². The summed E-state index contributed by atoms with van der Waals surface area (Å²) >= 11 is 3.69. The first kappa shape index (κ1) is 18.4. The van der Waals surface area contributed by atoms with Gasteiger partial charge in [0.25, 0.3) is 0 Å². The Bertz CT molecular complexity index is 196. The van der Waals surface area contributed by atoms with Gasteiger partial charge >= 0.3 is 0 Å². The van der Waals surface area contributed by atoms with Crippen molar-refractivity contribution < 1.29 is 9.84 Å². The second-order valence-corrected chi connectivity index (χ2v) is 6.00. The zero-order valence-corrected chi connectivity index (χ0v) is 14.0. The predicted molar refractivity (Wildman–Crippen MR) is 81.4 cm³/mol. The van der Waals surface area contributed by atoms with Crippen molar-refractivity contribution >= 4 is 15.9 Å². The number of ether oxygens (including phenoxy) is 1. The molecule has 0 aromatic heterocycles. The van der Waals surface area contributed by atoms with E-state index in [9.17, 15) is 5.11 Å². The lowest BCUT2D eigenvalue weighted by Crippen LogP contribution is -2.41. The summed E-state index contributed by atoms with van der Waals surface area (Å²) in [5.41, 5.74) is 0.338. The Balaban J connectivity index is 4.36. The second-order valence-electron chi connectivity index (χ2n) is 5.44. The summed E-state index contributed by atoms with van der Waals surface area (Å²) in [5.74, 6) is 0. The molecular formula is C14H30BrNO2. The molecule has 0 amide bonds. The summed E-state index contributed by atoms with van der Waals surface area (Å²) in [5, 5.41) is 10.8. The molecule has 1 unspecified atom stereocenters. The van der Waals surface area contributed by atoms with Gasteiger partial charge < -0.3 is 14.7 Å². The van der Waals surface area contributed by atoms with Crippen LogP contribution in [0.4, 0.5) is 0 Å². The van der Waals surface area contributed by atoms with E-state index in [0.717, 1.165) is 11.9 Å². The van der Waals surface area contributed by atoms with Crippen LogP contribution in [0.25, 0.3) is 0 Å². The number of hydrogen-bond acceptors (Lipinski definition) is 3. The van der Waals surface area contributed by atoms with Crippen LogP contribution in [0.3, 0.4) is 0 Å². The van der Waals surface area contributed by atoms with E-state index >= 15 is 0 Å². The molecule has 0 aliphatic rings. The number of hydrogen-bond donors (Lipinski definition) is 1. The van der Waals surface area contributed by atoms with Gasteiger partial charge in [0, 0.05) is 25.5 Å². The standard InChI is InChI=1S/C14H30BrNO2/c1-5-7-14(11-15,8-6-2)12-16(3)9-13(17)10-18-4/h13,17H,5-12H2,1-4H3. The average Bonchev–Trinajstić information content (AvgIpc) is 2.29. The first-order chi connectivity index (χ1) is 8.53. The number of halogens is 1. The van der Waals surface area contributed by atoms with Crippen molar-refractivity contribution in [3.63, 3.8) is 0 Å². The molecule has 0 aliphatic heterocycles. The molecular weight excluding hydrogens is 294 g/mol. The monoisotopic (exact) mass is 323 g/mol. The Hall–Kier alpha value is 0.360. The van der Waals surface area contributed by atoms with E-state index in [-0.39, 0.29) is 0 Å². The van der Waals surface area contributed by atoms with Gasteiger partial charge in [-0.2, -0.15) is 0 Å². The van der Waals surface area contributed by atoms with Gasteiger partial charge in [0.2, 0.25) is 0 Å². The van der Waals surface area contributed by atoms with E-state index in [2.05, 4.69) is 41.7 Å². The molecule has 3 nitrogen and oxygen atoms in total. The number of methoxy groups -OCH3 is 1. The molecule has 110 valence electrons. The molecule has 1 atom stereocenters. The van der Waals surface area contributed by atoms with Crippen LogP contribution < -0.4 is 0 Å². The van der Waals surface area contributed by atoms with Crippen LogP contribution in [0, 0.1) is 5.41 Å². The first-order valence-electron chi connectivity index (χ1n) is 6.95. The minimum atomic E-state index is -0.392. The molecule has 4 heteroatoms. The molecule has 0 aliphatic carbocycles. The topological polar surface area (TPSA) is 32.7 Å². The summed E-state index contributed by atoms with van der Waals surface area (Å²) in [6.45, 7) is 6.60. The molecule has 0 spiro atoms. The highest BCUT2D eigenvalue weighted by atomic mass is 79.9. The van der Waals surface area contributed by atoms with Crippen molar-refractivity contribution in [3.8, 4) is 0 Å². The molecule has 0 aromatic carbocycles. The van der Waals surface area contributed by atoms with Crippen molar-refractivity contribution in [2.75, 3.05) is 39.2 Å².